The third-order valence-corrected chi connectivity index (χ3v) is 8.66. The van der Waals surface area contributed by atoms with Crippen LogP contribution in [0.15, 0.2) is 61.1 Å². The van der Waals surface area contributed by atoms with Gasteiger partial charge in [0.1, 0.15) is 23.7 Å². The highest BCUT2D eigenvalue weighted by molar-refractivity contribution is 6.04. The second-order valence-electron chi connectivity index (χ2n) is 11.8. The average Bonchev–Trinajstić information content (AvgIpc) is 3.95. The molecule has 3 fully saturated rings. The molecule has 4 heterocycles. The first kappa shape index (κ1) is 27.2. The minimum atomic E-state index is -0.228. The van der Waals surface area contributed by atoms with E-state index in [4.69, 9.17) is 10.8 Å². The van der Waals surface area contributed by atoms with E-state index < -0.39 is 0 Å². The first-order chi connectivity index (χ1) is 20.9. The molecule has 1 aliphatic heterocycles. The van der Waals surface area contributed by atoms with E-state index in [1.165, 1.54) is 37.6 Å². The predicted octanol–water partition coefficient (Wildman–Crippen LogP) is 4.02. The SMILES string of the molecule is CN(C/C=C/C(=O)N1CCC(n2nc(-c3ccc(C(=O)Nc4cc(C5CC5)ccn4)cc3)c3c(N)ncnc32)C1)C1CC1. The number of benzene rings is 1. The Bertz CT molecular complexity index is 1710. The molecule has 2 saturated carbocycles. The van der Waals surface area contributed by atoms with Gasteiger partial charge >= 0.3 is 0 Å². The summed E-state index contributed by atoms with van der Waals surface area (Å²) in [5.41, 5.74) is 10.1. The Balaban J connectivity index is 1.08. The summed E-state index contributed by atoms with van der Waals surface area (Å²) in [6, 6.07) is 11.8. The Labute approximate surface area is 249 Å². The summed E-state index contributed by atoms with van der Waals surface area (Å²) in [6.45, 7) is 1.96. The molecule has 1 unspecified atom stereocenters. The molecule has 7 rings (SSSR count). The number of aromatic nitrogens is 5. The van der Waals surface area contributed by atoms with E-state index in [-0.39, 0.29) is 17.9 Å². The fourth-order valence-corrected chi connectivity index (χ4v) is 5.84. The van der Waals surface area contributed by atoms with Gasteiger partial charge in [0.05, 0.1) is 11.4 Å². The molecule has 220 valence electrons. The molecule has 3 aromatic heterocycles. The summed E-state index contributed by atoms with van der Waals surface area (Å²) in [4.78, 5) is 43.1. The Morgan fingerprint density at radius 3 is 2.65 bits per heavy atom. The number of nitrogens with two attached hydrogens (primary N) is 1. The van der Waals surface area contributed by atoms with Gasteiger partial charge < -0.3 is 16.0 Å². The quantitative estimate of drug-likeness (QED) is 0.285. The zero-order valence-corrected chi connectivity index (χ0v) is 24.2. The van der Waals surface area contributed by atoms with Crippen LogP contribution in [0, 0.1) is 0 Å². The number of carbonyl (C=O) groups is 2. The number of pyridine rings is 1. The third kappa shape index (κ3) is 5.72. The third-order valence-electron chi connectivity index (χ3n) is 8.66. The maximum absolute atomic E-state index is 13.0. The summed E-state index contributed by atoms with van der Waals surface area (Å²) in [7, 11) is 2.10. The molecule has 11 heteroatoms. The lowest BCUT2D eigenvalue weighted by atomic mass is 10.1. The van der Waals surface area contributed by atoms with Crippen LogP contribution in [0.1, 0.15) is 60.0 Å². The second-order valence-corrected chi connectivity index (χ2v) is 11.8. The van der Waals surface area contributed by atoms with E-state index in [9.17, 15) is 9.59 Å². The summed E-state index contributed by atoms with van der Waals surface area (Å²) in [5.74, 6) is 1.26. The van der Waals surface area contributed by atoms with Gasteiger partial charge in [0.15, 0.2) is 5.65 Å². The van der Waals surface area contributed by atoms with Crippen LogP contribution < -0.4 is 11.1 Å². The largest absolute Gasteiger partial charge is 0.383 e. The van der Waals surface area contributed by atoms with Crippen molar-refractivity contribution in [2.24, 2.45) is 0 Å². The van der Waals surface area contributed by atoms with Crippen LogP contribution >= 0.6 is 0 Å². The van der Waals surface area contributed by atoms with Gasteiger partial charge in [-0.25, -0.2) is 19.6 Å². The van der Waals surface area contributed by atoms with Crippen molar-refractivity contribution in [2.75, 3.05) is 37.7 Å². The van der Waals surface area contributed by atoms with Gasteiger partial charge in [-0.05, 0) is 74.9 Å². The smallest absolute Gasteiger partial charge is 0.256 e. The molecule has 1 atom stereocenters. The van der Waals surface area contributed by atoms with E-state index in [1.807, 2.05) is 39.9 Å². The number of likely N-dealkylation sites (tertiary alicyclic amines) is 1. The van der Waals surface area contributed by atoms with Gasteiger partial charge in [-0.15, -0.1) is 0 Å². The predicted molar refractivity (Wildman–Crippen MR) is 164 cm³/mol. The lowest BCUT2D eigenvalue weighted by molar-refractivity contribution is -0.125. The number of nitrogen functional groups attached to an aromatic ring is 1. The van der Waals surface area contributed by atoms with Crippen LogP contribution in [-0.2, 0) is 4.79 Å². The second kappa shape index (κ2) is 11.2. The van der Waals surface area contributed by atoms with E-state index in [2.05, 4.69) is 32.2 Å². The number of nitrogens with one attached hydrogen (secondary N) is 1. The van der Waals surface area contributed by atoms with Crippen molar-refractivity contribution in [2.45, 2.75) is 50.1 Å². The Morgan fingerprint density at radius 1 is 1.07 bits per heavy atom. The van der Waals surface area contributed by atoms with Gasteiger partial charge in [0, 0.05) is 49.1 Å². The number of rotatable bonds is 9. The van der Waals surface area contributed by atoms with E-state index >= 15 is 0 Å². The summed E-state index contributed by atoms with van der Waals surface area (Å²) in [6.07, 6.45) is 12.4. The number of carbonyl (C=O) groups excluding carboxylic acids is 2. The number of hydrogen-bond acceptors (Lipinski definition) is 8. The molecular formula is C32H35N9O2. The standard InChI is InChI=1S/C32H35N9O2/c1-39(24-10-11-24)15-2-3-27(42)40-16-13-25(18-40)41-31-28(30(33)35-19-36-31)29(38-41)21-6-8-22(9-7-21)32(43)37-26-17-23(12-14-34-26)20-4-5-20/h2-3,6-9,12,14,17,19-20,24-25H,4-5,10-11,13,15-16,18H2,1H3,(H2,33,35,36)(H,34,37,43)/b3-2+. The number of hydrogen-bond donors (Lipinski definition) is 2. The van der Waals surface area contributed by atoms with Crippen molar-refractivity contribution in [3.8, 4) is 11.3 Å². The number of likely N-dealkylation sites (N-methyl/N-ethyl adjacent to an activating group) is 1. The molecule has 4 aromatic rings. The number of anilines is 2. The lowest BCUT2D eigenvalue weighted by Gasteiger charge is -2.16. The van der Waals surface area contributed by atoms with Crippen LogP contribution in [-0.4, -0.2) is 79.1 Å². The highest BCUT2D eigenvalue weighted by atomic mass is 16.2. The summed E-state index contributed by atoms with van der Waals surface area (Å²) < 4.78 is 1.87. The van der Waals surface area contributed by atoms with Crippen LogP contribution in [0.2, 0.25) is 0 Å². The highest BCUT2D eigenvalue weighted by Gasteiger charge is 2.31. The molecule has 11 nitrogen and oxygen atoms in total. The van der Waals surface area contributed by atoms with Crippen LogP contribution in [0.3, 0.4) is 0 Å². The monoisotopic (exact) mass is 577 g/mol. The number of fused-ring (bicyclic) bond motifs is 1. The average molecular weight is 578 g/mol. The summed E-state index contributed by atoms with van der Waals surface area (Å²) >= 11 is 0. The minimum absolute atomic E-state index is 0.0147. The summed E-state index contributed by atoms with van der Waals surface area (Å²) in [5, 5.41) is 8.51. The van der Waals surface area contributed by atoms with Gasteiger partial charge in [0.2, 0.25) is 5.91 Å². The Morgan fingerprint density at radius 2 is 1.88 bits per heavy atom. The molecule has 43 heavy (non-hydrogen) atoms. The Hall–Kier alpha value is -4.64. The molecule has 2 amide bonds. The van der Waals surface area contributed by atoms with Crippen LogP contribution in [0.5, 0.6) is 0 Å². The zero-order valence-electron chi connectivity index (χ0n) is 24.2. The van der Waals surface area contributed by atoms with Crippen LogP contribution in [0.4, 0.5) is 11.6 Å². The highest BCUT2D eigenvalue weighted by Crippen LogP contribution is 2.40. The minimum Gasteiger partial charge on any atom is -0.383 e. The fourth-order valence-electron chi connectivity index (χ4n) is 5.84. The first-order valence-electron chi connectivity index (χ1n) is 15.0. The molecule has 3 N–H and O–H groups in total. The normalized spacial score (nSPS) is 18.7. The van der Waals surface area contributed by atoms with E-state index in [0.29, 0.717) is 59.0 Å². The van der Waals surface area contributed by atoms with Gasteiger partial charge in [-0.1, -0.05) is 18.2 Å². The molecule has 1 saturated heterocycles. The van der Waals surface area contributed by atoms with Crippen molar-refractivity contribution in [1.29, 1.82) is 0 Å². The number of amides is 2. The molecule has 0 radical (unpaired) electrons. The molecule has 0 spiro atoms. The topological polar surface area (TPSA) is 135 Å². The molecule has 3 aliphatic rings. The molecule has 0 bridgehead atoms. The van der Waals surface area contributed by atoms with Crippen molar-refractivity contribution < 1.29 is 9.59 Å². The van der Waals surface area contributed by atoms with Crippen molar-refractivity contribution in [3.05, 3.63) is 72.2 Å². The van der Waals surface area contributed by atoms with Gasteiger partial charge in [0.25, 0.3) is 5.91 Å². The first-order valence-corrected chi connectivity index (χ1v) is 15.0. The molecular weight excluding hydrogens is 542 g/mol. The van der Waals surface area contributed by atoms with E-state index in [0.717, 1.165) is 18.5 Å². The van der Waals surface area contributed by atoms with Gasteiger partial charge in [-0.3, -0.25) is 14.5 Å². The van der Waals surface area contributed by atoms with Crippen molar-refractivity contribution in [1.82, 2.24) is 34.5 Å². The van der Waals surface area contributed by atoms with E-state index in [1.54, 1.807) is 24.4 Å². The maximum atomic E-state index is 13.0. The zero-order chi connectivity index (χ0) is 29.5. The number of nitrogens with zero attached hydrogens (tertiary/aromatic N) is 7. The molecule has 1 aromatic carbocycles. The fraction of sp³-hybridized carbons (Fsp3) is 0.375. The van der Waals surface area contributed by atoms with Crippen molar-refractivity contribution in [3.63, 3.8) is 0 Å². The van der Waals surface area contributed by atoms with Crippen molar-refractivity contribution >= 4 is 34.5 Å². The molecule has 2 aliphatic carbocycles. The van der Waals surface area contributed by atoms with Gasteiger partial charge in [-0.2, -0.15) is 5.10 Å². The maximum Gasteiger partial charge on any atom is 0.256 e. The van der Waals surface area contributed by atoms with Crippen LogP contribution in [0.25, 0.3) is 22.3 Å². The lowest BCUT2D eigenvalue weighted by Crippen LogP contribution is -2.28. The Kier molecular flexibility index (Phi) is 7.10.